The molecule has 104 valence electrons. The lowest BCUT2D eigenvalue weighted by molar-refractivity contribution is 0.112. The van der Waals surface area contributed by atoms with Gasteiger partial charge in [0.05, 0.1) is 12.7 Å². The van der Waals surface area contributed by atoms with Crippen LogP contribution in [0.1, 0.15) is 44.0 Å². The van der Waals surface area contributed by atoms with Crippen molar-refractivity contribution >= 4 is 6.29 Å². The van der Waals surface area contributed by atoms with Gasteiger partial charge in [-0.3, -0.25) is 4.79 Å². The predicted octanol–water partition coefficient (Wildman–Crippen LogP) is 4.02. The summed E-state index contributed by atoms with van der Waals surface area (Å²) in [5.74, 6) is 1.31. The molecule has 0 fully saturated rings. The molecule has 3 nitrogen and oxygen atoms in total. The number of hydrogen-bond acceptors (Lipinski definition) is 3. The number of aldehydes is 1. The number of allylic oxidation sites excluding steroid dienone is 1. The summed E-state index contributed by atoms with van der Waals surface area (Å²) < 4.78 is 11.4. The molecule has 1 unspecified atom stereocenters. The van der Waals surface area contributed by atoms with Crippen LogP contribution in [-0.4, -0.2) is 19.0 Å². The zero-order valence-corrected chi connectivity index (χ0v) is 11.9. The molecule has 0 bridgehead atoms. The molecule has 0 heterocycles. The van der Waals surface area contributed by atoms with Crippen molar-refractivity contribution in [3.8, 4) is 11.5 Å². The number of carbonyl (C=O) groups excluding carboxylic acids is 1. The lowest BCUT2D eigenvalue weighted by Gasteiger charge is -2.16. The zero-order chi connectivity index (χ0) is 14.1. The number of hydrogen-bond donors (Lipinski definition) is 0. The molecule has 1 aromatic rings. The van der Waals surface area contributed by atoms with Crippen LogP contribution in [0, 0.1) is 0 Å². The van der Waals surface area contributed by atoms with Gasteiger partial charge in [0.2, 0.25) is 0 Å². The van der Waals surface area contributed by atoms with E-state index in [4.69, 9.17) is 9.47 Å². The van der Waals surface area contributed by atoms with Crippen molar-refractivity contribution in [2.45, 2.75) is 39.7 Å². The number of benzene rings is 1. The van der Waals surface area contributed by atoms with Crippen LogP contribution in [-0.2, 0) is 0 Å². The Morgan fingerprint density at radius 2 is 2.00 bits per heavy atom. The fourth-order valence-corrected chi connectivity index (χ4v) is 1.68. The van der Waals surface area contributed by atoms with Crippen LogP contribution in [0.2, 0.25) is 0 Å². The normalized spacial score (nSPS) is 12.4. The van der Waals surface area contributed by atoms with Gasteiger partial charge in [-0.05, 0) is 38.5 Å². The summed E-state index contributed by atoms with van der Waals surface area (Å²) in [6.07, 6.45) is 7.01. The Morgan fingerprint density at radius 1 is 1.21 bits per heavy atom. The second-order valence-electron chi connectivity index (χ2n) is 4.30. The SMILES string of the molecule is CCC=CCC(C)Oc1ccc(C=O)cc1OCC. The molecule has 0 amide bonds. The van der Waals surface area contributed by atoms with Crippen molar-refractivity contribution in [1.29, 1.82) is 0 Å². The van der Waals surface area contributed by atoms with Crippen molar-refractivity contribution < 1.29 is 14.3 Å². The first-order valence-corrected chi connectivity index (χ1v) is 6.74. The molecule has 3 heteroatoms. The minimum atomic E-state index is 0.0732. The molecular weight excluding hydrogens is 240 g/mol. The van der Waals surface area contributed by atoms with Crippen LogP contribution in [0.3, 0.4) is 0 Å². The molecule has 0 saturated carbocycles. The van der Waals surface area contributed by atoms with E-state index < -0.39 is 0 Å². The van der Waals surface area contributed by atoms with Gasteiger partial charge in [0.15, 0.2) is 11.5 Å². The summed E-state index contributed by atoms with van der Waals surface area (Å²) >= 11 is 0. The Labute approximate surface area is 115 Å². The smallest absolute Gasteiger partial charge is 0.161 e. The van der Waals surface area contributed by atoms with E-state index in [1.165, 1.54) is 0 Å². The van der Waals surface area contributed by atoms with Gasteiger partial charge in [-0.1, -0.05) is 19.1 Å². The summed E-state index contributed by atoms with van der Waals surface area (Å²) in [7, 11) is 0. The minimum Gasteiger partial charge on any atom is -0.490 e. The quantitative estimate of drug-likeness (QED) is 0.524. The van der Waals surface area contributed by atoms with Crippen molar-refractivity contribution in [3.05, 3.63) is 35.9 Å². The average Bonchev–Trinajstić information content (AvgIpc) is 2.41. The molecule has 1 aromatic carbocycles. The Morgan fingerprint density at radius 3 is 2.63 bits per heavy atom. The molecule has 0 aliphatic rings. The maximum absolute atomic E-state index is 10.8. The van der Waals surface area contributed by atoms with Crippen molar-refractivity contribution in [2.24, 2.45) is 0 Å². The summed E-state index contributed by atoms with van der Waals surface area (Å²) in [6, 6.07) is 5.23. The third-order valence-corrected chi connectivity index (χ3v) is 2.60. The molecule has 19 heavy (non-hydrogen) atoms. The highest BCUT2D eigenvalue weighted by Gasteiger charge is 2.09. The first kappa shape index (κ1) is 15.3. The van der Waals surface area contributed by atoms with Crippen LogP contribution in [0.15, 0.2) is 30.4 Å². The second kappa shape index (κ2) is 8.35. The van der Waals surface area contributed by atoms with E-state index in [2.05, 4.69) is 19.1 Å². The third kappa shape index (κ3) is 5.16. The topological polar surface area (TPSA) is 35.5 Å². The monoisotopic (exact) mass is 262 g/mol. The van der Waals surface area contributed by atoms with E-state index in [0.29, 0.717) is 23.7 Å². The average molecular weight is 262 g/mol. The van der Waals surface area contributed by atoms with Crippen molar-refractivity contribution in [3.63, 3.8) is 0 Å². The van der Waals surface area contributed by atoms with Crippen molar-refractivity contribution in [1.82, 2.24) is 0 Å². The number of carbonyl (C=O) groups is 1. The van der Waals surface area contributed by atoms with E-state index in [0.717, 1.165) is 19.1 Å². The van der Waals surface area contributed by atoms with Gasteiger partial charge in [0.1, 0.15) is 6.29 Å². The highest BCUT2D eigenvalue weighted by molar-refractivity contribution is 5.76. The molecule has 0 spiro atoms. The second-order valence-corrected chi connectivity index (χ2v) is 4.30. The van der Waals surface area contributed by atoms with Gasteiger partial charge in [0, 0.05) is 12.0 Å². The Hall–Kier alpha value is -1.77. The van der Waals surface area contributed by atoms with Gasteiger partial charge >= 0.3 is 0 Å². The number of ether oxygens (including phenoxy) is 2. The van der Waals surface area contributed by atoms with E-state index >= 15 is 0 Å². The summed E-state index contributed by atoms with van der Waals surface area (Å²) in [6.45, 7) is 6.57. The zero-order valence-electron chi connectivity index (χ0n) is 11.9. The molecule has 1 atom stereocenters. The Bertz CT molecular complexity index is 424. The lowest BCUT2D eigenvalue weighted by atomic mass is 10.2. The first-order valence-electron chi connectivity index (χ1n) is 6.74. The maximum Gasteiger partial charge on any atom is 0.161 e. The highest BCUT2D eigenvalue weighted by atomic mass is 16.5. The van der Waals surface area contributed by atoms with Crippen LogP contribution in [0.5, 0.6) is 11.5 Å². The summed E-state index contributed by atoms with van der Waals surface area (Å²) in [5.41, 5.74) is 0.592. The number of rotatable bonds is 8. The standard InChI is InChI=1S/C16H22O3/c1-4-6-7-8-13(3)19-15-10-9-14(12-17)11-16(15)18-5-2/h6-7,9-13H,4-5,8H2,1-3H3. The summed E-state index contributed by atoms with van der Waals surface area (Å²) in [5, 5.41) is 0. The molecule has 0 aromatic heterocycles. The fourth-order valence-electron chi connectivity index (χ4n) is 1.68. The fraction of sp³-hybridized carbons (Fsp3) is 0.438. The summed E-state index contributed by atoms with van der Waals surface area (Å²) in [4.78, 5) is 10.8. The highest BCUT2D eigenvalue weighted by Crippen LogP contribution is 2.29. The largest absolute Gasteiger partial charge is 0.490 e. The maximum atomic E-state index is 10.8. The van der Waals surface area contributed by atoms with Gasteiger partial charge in [-0.2, -0.15) is 0 Å². The first-order chi connectivity index (χ1) is 9.21. The van der Waals surface area contributed by atoms with E-state index in [-0.39, 0.29) is 6.10 Å². The van der Waals surface area contributed by atoms with Gasteiger partial charge in [0.25, 0.3) is 0 Å². The molecule has 0 aliphatic heterocycles. The Kier molecular flexibility index (Phi) is 6.72. The molecule has 0 N–H and O–H groups in total. The molecule has 0 saturated heterocycles. The van der Waals surface area contributed by atoms with Crippen LogP contribution in [0.4, 0.5) is 0 Å². The molecule has 1 rings (SSSR count). The predicted molar refractivity (Wildman–Crippen MR) is 77.1 cm³/mol. The lowest BCUT2D eigenvalue weighted by Crippen LogP contribution is -2.11. The third-order valence-electron chi connectivity index (χ3n) is 2.60. The van der Waals surface area contributed by atoms with Crippen LogP contribution < -0.4 is 9.47 Å². The van der Waals surface area contributed by atoms with Crippen molar-refractivity contribution in [2.75, 3.05) is 6.61 Å². The van der Waals surface area contributed by atoms with E-state index in [1.807, 2.05) is 13.8 Å². The van der Waals surface area contributed by atoms with Crippen LogP contribution in [0.25, 0.3) is 0 Å². The van der Waals surface area contributed by atoms with E-state index in [9.17, 15) is 4.79 Å². The molecule has 0 aliphatic carbocycles. The Balaban J connectivity index is 2.75. The van der Waals surface area contributed by atoms with Gasteiger partial charge in [-0.15, -0.1) is 0 Å². The molecule has 0 radical (unpaired) electrons. The van der Waals surface area contributed by atoms with Gasteiger partial charge in [-0.25, -0.2) is 0 Å². The minimum absolute atomic E-state index is 0.0732. The van der Waals surface area contributed by atoms with Gasteiger partial charge < -0.3 is 9.47 Å². The van der Waals surface area contributed by atoms with E-state index in [1.54, 1.807) is 18.2 Å². The van der Waals surface area contributed by atoms with Crippen LogP contribution >= 0.6 is 0 Å². The molecular formula is C16H22O3.